The fourth-order valence-corrected chi connectivity index (χ4v) is 3.42. The molecule has 7 nitrogen and oxygen atoms in total. The standard InChI is InChI=1S/C18H13F2N5O2/c1-8(25-16-9(7-21)3-2-4-11(16)23-18(25)27)5-10-6-12-15(14(20)13(10)19)24-17(26)22-12/h2-4,6,8H,5H2,1H3,(H,23,27)(H2,22,24,26). The Morgan fingerprint density at radius 3 is 2.67 bits per heavy atom. The SMILES string of the molecule is CC(Cc1cc2[nH]c(=O)[nH]c2c(F)c1F)n1c(=O)[nH]c2cccc(C#N)c21. The highest BCUT2D eigenvalue weighted by Crippen LogP contribution is 2.26. The quantitative estimate of drug-likeness (QED) is 0.516. The van der Waals surface area contributed by atoms with Crippen LogP contribution in [0.3, 0.4) is 0 Å². The molecule has 2 aromatic heterocycles. The summed E-state index contributed by atoms with van der Waals surface area (Å²) in [6.07, 6.45) is -0.0154. The van der Waals surface area contributed by atoms with Gasteiger partial charge in [-0.1, -0.05) is 6.07 Å². The fourth-order valence-electron chi connectivity index (χ4n) is 3.42. The molecule has 0 saturated carbocycles. The lowest BCUT2D eigenvalue weighted by Crippen LogP contribution is -2.22. The van der Waals surface area contributed by atoms with E-state index in [1.54, 1.807) is 25.1 Å². The molecule has 0 fully saturated rings. The van der Waals surface area contributed by atoms with Gasteiger partial charge >= 0.3 is 11.4 Å². The molecule has 2 aromatic carbocycles. The summed E-state index contributed by atoms with van der Waals surface area (Å²) in [5, 5.41) is 9.32. The molecule has 3 N–H and O–H groups in total. The maximum atomic E-state index is 14.4. The molecule has 2 heterocycles. The minimum Gasteiger partial charge on any atom is -0.306 e. The van der Waals surface area contributed by atoms with Gasteiger partial charge in [0.2, 0.25) is 0 Å². The van der Waals surface area contributed by atoms with Crippen LogP contribution in [-0.4, -0.2) is 19.5 Å². The van der Waals surface area contributed by atoms with Gasteiger partial charge in [0.1, 0.15) is 11.6 Å². The van der Waals surface area contributed by atoms with Gasteiger partial charge in [0.15, 0.2) is 11.6 Å². The number of imidazole rings is 2. The summed E-state index contributed by atoms with van der Waals surface area (Å²) in [6, 6.07) is 7.69. The first-order valence-corrected chi connectivity index (χ1v) is 8.13. The van der Waals surface area contributed by atoms with Gasteiger partial charge in [0, 0.05) is 6.04 Å². The Hall–Kier alpha value is -3.67. The molecule has 4 aromatic rings. The Bertz CT molecular complexity index is 1350. The summed E-state index contributed by atoms with van der Waals surface area (Å²) in [5.41, 5.74) is 0.0397. The molecule has 0 bridgehead atoms. The highest BCUT2D eigenvalue weighted by Gasteiger charge is 2.21. The number of hydrogen-bond acceptors (Lipinski definition) is 3. The second-order valence-corrected chi connectivity index (χ2v) is 6.33. The van der Waals surface area contributed by atoms with Crippen LogP contribution in [0.15, 0.2) is 33.9 Å². The average molecular weight is 369 g/mol. The van der Waals surface area contributed by atoms with Crippen molar-refractivity contribution in [1.82, 2.24) is 19.5 Å². The Morgan fingerprint density at radius 1 is 1.15 bits per heavy atom. The summed E-state index contributed by atoms with van der Waals surface area (Å²) in [4.78, 5) is 31.0. The van der Waals surface area contributed by atoms with E-state index < -0.39 is 29.1 Å². The Morgan fingerprint density at radius 2 is 1.93 bits per heavy atom. The number of rotatable bonds is 3. The van der Waals surface area contributed by atoms with Crippen molar-refractivity contribution in [1.29, 1.82) is 5.26 Å². The van der Waals surface area contributed by atoms with Gasteiger partial charge in [-0.2, -0.15) is 5.26 Å². The van der Waals surface area contributed by atoms with E-state index in [4.69, 9.17) is 0 Å². The number of H-pyrrole nitrogens is 3. The highest BCUT2D eigenvalue weighted by atomic mass is 19.2. The second kappa shape index (κ2) is 5.95. The fraction of sp³-hybridized carbons (Fsp3) is 0.167. The molecule has 4 rings (SSSR count). The minimum atomic E-state index is -1.16. The number of nitrogens with one attached hydrogen (secondary N) is 3. The van der Waals surface area contributed by atoms with Gasteiger partial charge in [-0.3, -0.25) is 4.57 Å². The van der Waals surface area contributed by atoms with Gasteiger partial charge in [-0.15, -0.1) is 0 Å². The van der Waals surface area contributed by atoms with Crippen molar-refractivity contribution >= 4 is 22.1 Å². The third-order valence-electron chi connectivity index (χ3n) is 4.58. The lowest BCUT2D eigenvalue weighted by molar-refractivity contribution is 0.483. The summed E-state index contributed by atoms with van der Waals surface area (Å²) < 4.78 is 30.0. The molecule has 0 amide bonds. The third kappa shape index (κ3) is 2.54. The van der Waals surface area contributed by atoms with Crippen LogP contribution in [-0.2, 0) is 6.42 Å². The van der Waals surface area contributed by atoms with E-state index in [9.17, 15) is 23.6 Å². The van der Waals surface area contributed by atoms with E-state index in [2.05, 4.69) is 15.0 Å². The molecule has 1 atom stereocenters. The molecule has 9 heteroatoms. The van der Waals surface area contributed by atoms with Crippen molar-refractivity contribution in [3.05, 3.63) is 68.0 Å². The molecule has 0 saturated heterocycles. The number of fused-ring (bicyclic) bond motifs is 2. The molecule has 1 unspecified atom stereocenters. The normalized spacial score (nSPS) is 12.5. The van der Waals surface area contributed by atoms with Gasteiger partial charge in [-0.05, 0) is 37.1 Å². The zero-order valence-corrected chi connectivity index (χ0v) is 14.1. The number of aromatic nitrogens is 4. The first-order chi connectivity index (χ1) is 12.9. The van der Waals surface area contributed by atoms with Crippen molar-refractivity contribution in [2.45, 2.75) is 19.4 Å². The number of nitrogens with zero attached hydrogens (tertiary/aromatic N) is 2. The van der Waals surface area contributed by atoms with E-state index in [1.165, 1.54) is 10.6 Å². The smallest absolute Gasteiger partial charge is 0.306 e. The molecule has 0 spiro atoms. The Labute approximate surface area is 149 Å². The Kier molecular flexibility index (Phi) is 3.70. The number of benzene rings is 2. The molecule has 0 radical (unpaired) electrons. The minimum absolute atomic E-state index is 0.0124. The van der Waals surface area contributed by atoms with E-state index in [-0.39, 0.29) is 23.0 Å². The van der Waals surface area contributed by atoms with Crippen molar-refractivity contribution in [2.24, 2.45) is 0 Å². The Balaban J connectivity index is 1.84. The van der Waals surface area contributed by atoms with Crippen LogP contribution < -0.4 is 11.4 Å². The number of nitriles is 1. The summed E-state index contributed by atoms with van der Waals surface area (Å²) in [5.74, 6) is -2.24. The zero-order valence-electron chi connectivity index (χ0n) is 14.1. The van der Waals surface area contributed by atoms with Crippen LogP contribution in [0.4, 0.5) is 8.78 Å². The van der Waals surface area contributed by atoms with Crippen molar-refractivity contribution in [3.8, 4) is 6.07 Å². The lowest BCUT2D eigenvalue weighted by atomic mass is 10.0. The molecular formula is C18H13F2N5O2. The van der Waals surface area contributed by atoms with E-state index >= 15 is 0 Å². The van der Waals surface area contributed by atoms with Crippen LogP contribution >= 0.6 is 0 Å². The second-order valence-electron chi connectivity index (χ2n) is 6.33. The molecule has 136 valence electrons. The molecular weight excluding hydrogens is 356 g/mol. The summed E-state index contributed by atoms with van der Waals surface area (Å²) in [6.45, 7) is 1.67. The predicted octanol–water partition coefficient (Wildman–Crippen LogP) is 2.45. The van der Waals surface area contributed by atoms with E-state index in [1.807, 2.05) is 6.07 Å². The third-order valence-corrected chi connectivity index (χ3v) is 4.58. The average Bonchev–Trinajstić information content (AvgIpc) is 3.17. The number of halogens is 2. The molecule has 0 aliphatic carbocycles. The van der Waals surface area contributed by atoms with Gasteiger partial charge in [0.05, 0.1) is 22.1 Å². The van der Waals surface area contributed by atoms with Crippen molar-refractivity contribution in [2.75, 3.05) is 0 Å². The summed E-state index contributed by atoms with van der Waals surface area (Å²) >= 11 is 0. The molecule has 27 heavy (non-hydrogen) atoms. The summed E-state index contributed by atoms with van der Waals surface area (Å²) in [7, 11) is 0. The van der Waals surface area contributed by atoms with Crippen LogP contribution in [0, 0.1) is 23.0 Å². The largest absolute Gasteiger partial charge is 0.326 e. The van der Waals surface area contributed by atoms with Crippen molar-refractivity contribution in [3.63, 3.8) is 0 Å². The molecule has 0 aliphatic heterocycles. The number of aromatic amines is 3. The molecule has 0 aliphatic rings. The first kappa shape index (κ1) is 16.8. The van der Waals surface area contributed by atoms with Crippen LogP contribution in [0.25, 0.3) is 22.1 Å². The van der Waals surface area contributed by atoms with Gasteiger partial charge < -0.3 is 15.0 Å². The first-order valence-electron chi connectivity index (χ1n) is 8.13. The highest BCUT2D eigenvalue weighted by molar-refractivity contribution is 5.81. The van der Waals surface area contributed by atoms with Crippen LogP contribution in [0.2, 0.25) is 0 Å². The topological polar surface area (TPSA) is 110 Å². The van der Waals surface area contributed by atoms with E-state index in [0.717, 1.165) is 0 Å². The number of para-hydroxylation sites is 1. The lowest BCUT2D eigenvalue weighted by Gasteiger charge is -2.15. The van der Waals surface area contributed by atoms with Gasteiger partial charge in [-0.25, -0.2) is 18.4 Å². The zero-order chi connectivity index (χ0) is 19.3. The van der Waals surface area contributed by atoms with Crippen LogP contribution in [0.5, 0.6) is 0 Å². The maximum Gasteiger partial charge on any atom is 0.326 e. The number of hydrogen-bond donors (Lipinski definition) is 3. The monoisotopic (exact) mass is 369 g/mol. The predicted molar refractivity (Wildman–Crippen MR) is 94.5 cm³/mol. The van der Waals surface area contributed by atoms with Crippen LogP contribution in [0.1, 0.15) is 24.1 Å². The maximum absolute atomic E-state index is 14.4. The van der Waals surface area contributed by atoms with Crippen molar-refractivity contribution < 1.29 is 8.78 Å². The van der Waals surface area contributed by atoms with E-state index in [0.29, 0.717) is 16.6 Å². The van der Waals surface area contributed by atoms with Gasteiger partial charge in [0.25, 0.3) is 0 Å².